The van der Waals surface area contributed by atoms with Gasteiger partial charge in [-0.3, -0.25) is 4.79 Å². The summed E-state index contributed by atoms with van der Waals surface area (Å²) in [7, 11) is -4.04. The summed E-state index contributed by atoms with van der Waals surface area (Å²) in [5.41, 5.74) is 1.52. The molecule has 0 saturated heterocycles. The number of carbonyl (C=O) groups is 2. The fraction of sp³-hybridized carbons (Fsp3) is 0.154. The first kappa shape index (κ1) is 16.1. The Balaban J connectivity index is 2.01. The van der Waals surface area contributed by atoms with Crippen molar-refractivity contribution in [3.63, 3.8) is 0 Å². The molecule has 0 saturated carbocycles. The number of amides is 1. The Morgan fingerprint density at radius 2 is 1.86 bits per heavy atom. The van der Waals surface area contributed by atoms with E-state index in [0.29, 0.717) is 5.69 Å². The number of anilines is 1. The highest BCUT2D eigenvalue weighted by Crippen LogP contribution is 2.24. The van der Waals surface area contributed by atoms with Crippen LogP contribution in [0.5, 0.6) is 0 Å². The smallest absolute Gasteiger partial charge is 0.241 e. The molecule has 1 amide bonds. The van der Waals surface area contributed by atoms with Gasteiger partial charge in [0.15, 0.2) is 15.0 Å². The SMILES string of the molecule is O=C([O-])CS(=O)(=O)CC(=O)Nc1nc(-c2ccccc2)cs1. The Labute approximate surface area is 130 Å². The van der Waals surface area contributed by atoms with E-state index >= 15 is 0 Å². The monoisotopic (exact) mass is 339 g/mol. The molecule has 116 valence electrons. The van der Waals surface area contributed by atoms with Crippen LogP contribution in [0.1, 0.15) is 0 Å². The first-order chi connectivity index (χ1) is 10.4. The predicted molar refractivity (Wildman–Crippen MR) is 79.8 cm³/mol. The molecule has 2 aromatic rings. The third-order valence-corrected chi connectivity index (χ3v) is 4.64. The Bertz CT molecular complexity index is 784. The highest BCUT2D eigenvalue weighted by Gasteiger charge is 2.18. The zero-order valence-electron chi connectivity index (χ0n) is 11.2. The van der Waals surface area contributed by atoms with E-state index in [1.54, 1.807) is 5.38 Å². The molecule has 0 aliphatic carbocycles. The van der Waals surface area contributed by atoms with Gasteiger partial charge >= 0.3 is 0 Å². The molecule has 0 atom stereocenters. The van der Waals surface area contributed by atoms with Gasteiger partial charge in [0.05, 0.1) is 17.4 Å². The molecule has 1 aromatic carbocycles. The molecule has 0 fully saturated rings. The van der Waals surface area contributed by atoms with Gasteiger partial charge in [0, 0.05) is 10.9 Å². The third kappa shape index (κ3) is 4.64. The lowest BCUT2D eigenvalue weighted by atomic mass is 10.2. The highest BCUT2D eigenvalue weighted by atomic mass is 32.2. The van der Waals surface area contributed by atoms with E-state index in [1.807, 2.05) is 30.3 Å². The van der Waals surface area contributed by atoms with Gasteiger partial charge in [0.25, 0.3) is 0 Å². The van der Waals surface area contributed by atoms with Gasteiger partial charge in [0.2, 0.25) is 5.91 Å². The van der Waals surface area contributed by atoms with Gasteiger partial charge in [-0.15, -0.1) is 11.3 Å². The summed E-state index contributed by atoms with van der Waals surface area (Å²) in [6.07, 6.45) is 0. The van der Waals surface area contributed by atoms with Crippen molar-refractivity contribution in [1.29, 1.82) is 0 Å². The molecule has 0 aliphatic heterocycles. The van der Waals surface area contributed by atoms with E-state index in [0.717, 1.165) is 16.9 Å². The quantitative estimate of drug-likeness (QED) is 0.786. The van der Waals surface area contributed by atoms with Crippen molar-refractivity contribution in [1.82, 2.24) is 4.98 Å². The lowest BCUT2D eigenvalue weighted by molar-refractivity contribution is -0.301. The summed E-state index contributed by atoms with van der Waals surface area (Å²) in [4.78, 5) is 26.1. The highest BCUT2D eigenvalue weighted by molar-refractivity contribution is 7.92. The maximum absolute atomic E-state index is 11.6. The van der Waals surface area contributed by atoms with Crippen LogP contribution in [0.3, 0.4) is 0 Å². The van der Waals surface area contributed by atoms with Gasteiger partial charge in [-0.2, -0.15) is 0 Å². The summed E-state index contributed by atoms with van der Waals surface area (Å²) >= 11 is 1.15. The van der Waals surface area contributed by atoms with Gasteiger partial charge in [-0.1, -0.05) is 30.3 Å². The Morgan fingerprint density at radius 3 is 2.50 bits per heavy atom. The average molecular weight is 339 g/mol. The Kier molecular flexibility index (Phi) is 4.88. The maximum Gasteiger partial charge on any atom is 0.241 e. The molecule has 1 heterocycles. The Morgan fingerprint density at radius 1 is 1.18 bits per heavy atom. The molecule has 0 aliphatic rings. The topological polar surface area (TPSA) is 116 Å². The van der Waals surface area contributed by atoms with Crippen LogP contribution in [0.2, 0.25) is 0 Å². The van der Waals surface area contributed by atoms with E-state index in [-0.39, 0.29) is 5.13 Å². The predicted octanol–water partition coefficient (Wildman–Crippen LogP) is -0.0867. The number of hydrogen-bond acceptors (Lipinski definition) is 7. The van der Waals surface area contributed by atoms with Gasteiger partial charge in [0.1, 0.15) is 5.75 Å². The van der Waals surface area contributed by atoms with Gasteiger partial charge in [-0.25, -0.2) is 13.4 Å². The van der Waals surface area contributed by atoms with E-state index in [4.69, 9.17) is 0 Å². The molecular formula is C13H11N2O5S2-. The molecule has 0 spiro atoms. The van der Waals surface area contributed by atoms with Crippen LogP contribution in [0, 0.1) is 0 Å². The molecule has 22 heavy (non-hydrogen) atoms. The number of rotatable bonds is 6. The molecule has 1 aromatic heterocycles. The minimum absolute atomic E-state index is 0.243. The molecule has 0 unspecified atom stereocenters. The third-order valence-electron chi connectivity index (χ3n) is 2.51. The summed E-state index contributed by atoms with van der Waals surface area (Å²) in [5.74, 6) is -4.70. The second-order valence-corrected chi connectivity index (χ2v) is 7.28. The lowest BCUT2D eigenvalue weighted by Gasteiger charge is -2.04. The van der Waals surface area contributed by atoms with E-state index in [1.165, 1.54) is 0 Å². The summed E-state index contributed by atoms with van der Waals surface area (Å²) in [5, 5.41) is 14.6. The van der Waals surface area contributed by atoms with E-state index < -0.39 is 33.2 Å². The van der Waals surface area contributed by atoms with Crippen molar-refractivity contribution in [2.45, 2.75) is 0 Å². The van der Waals surface area contributed by atoms with E-state index in [2.05, 4.69) is 10.3 Å². The van der Waals surface area contributed by atoms with Crippen molar-refractivity contribution in [3.05, 3.63) is 35.7 Å². The van der Waals surface area contributed by atoms with Crippen molar-refractivity contribution in [3.8, 4) is 11.3 Å². The minimum atomic E-state index is -4.04. The normalized spacial score (nSPS) is 11.1. The van der Waals surface area contributed by atoms with Crippen molar-refractivity contribution < 1.29 is 23.1 Å². The molecule has 2 rings (SSSR count). The summed E-state index contributed by atoms with van der Waals surface area (Å²) in [6.45, 7) is 0. The number of thiazole rings is 1. The first-order valence-corrected chi connectivity index (χ1v) is 8.77. The number of aliphatic carboxylic acids is 1. The van der Waals surface area contributed by atoms with Gasteiger partial charge < -0.3 is 15.2 Å². The zero-order valence-corrected chi connectivity index (χ0v) is 12.8. The number of nitrogens with zero attached hydrogens (tertiary/aromatic N) is 1. The number of hydrogen-bond donors (Lipinski definition) is 1. The van der Waals surface area contributed by atoms with Crippen molar-refractivity contribution >= 4 is 38.2 Å². The van der Waals surface area contributed by atoms with Crippen LogP contribution in [0.15, 0.2) is 35.7 Å². The average Bonchev–Trinajstić information content (AvgIpc) is 2.85. The molecular weight excluding hydrogens is 328 g/mol. The summed E-state index contributed by atoms with van der Waals surface area (Å²) < 4.78 is 22.7. The number of benzene rings is 1. The van der Waals surface area contributed by atoms with Crippen LogP contribution in [-0.4, -0.2) is 36.8 Å². The van der Waals surface area contributed by atoms with Crippen LogP contribution in [0.4, 0.5) is 5.13 Å². The van der Waals surface area contributed by atoms with Gasteiger partial charge in [-0.05, 0) is 0 Å². The van der Waals surface area contributed by atoms with Crippen LogP contribution in [-0.2, 0) is 19.4 Å². The van der Waals surface area contributed by atoms with Crippen molar-refractivity contribution in [2.24, 2.45) is 0 Å². The fourth-order valence-electron chi connectivity index (χ4n) is 1.66. The second kappa shape index (κ2) is 6.67. The number of carbonyl (C=O) groups excluding carboxylic acids is 2. The number of carboxylic acid groups (broad SMARTS) is 1. The molecule has 9 heteroatoms. The number of nitrogens with one attached hydrogen (secondary N) is 1. The Hall–Kier alpha value is -2.26. The minimum Gasteiger partial charge on any atom is -0.549 e. The lowest BCUT2D eigenvalue weighted by Crippen LogP contribution is -2.34. The maximum atomic E-state index is 11.6. The fourth-order valence-corrected chi connectivity index (χ4v) is 3.33. The second-order valence-electron chi connectivity index (χ2n) is 4.36. The standard InChI is InChI=1S/C13H12N2O5S2/c16-11(7-22(19,20)8-12(17)18)15-13-14-10(6-21-13)9-4-2-1-3-5-9/h1-6H,7-8H2,(H,17,18)(H,14,15,16)/p-1. The summed E-state index contributed by atoms with van der Waals surface area (Å²) in [6, 6.07) is 9.26. The molecule has 1 N–H and O–H groups in total. The molecule has 0 radical (unpaired) electrons. The van der Waals surface area contributed by atoms with Crippen LogP contribution < -0.4 is 10.4 Å². The van der Waals surface area contributed by atoms with Crippen LogP contribution >= 0.6 is 11.3 Å². The number of aromatic nitrogens is 1. The van der Waals surface area contributed by atoms with Crippen LogP contribution in [0.25, 0.3) is 11.3 Å². The molecule has 7 nitrogen and oxygen atoms in total. The largest absolute Gasteiger partial charge is 0.549 e. The van der Waals surface area contributed by atoms with Crippen molar-refractivity contribution in [2.75, 3.05) is 16.8 Å². The number of sulfone groups is 1. The number of carboxylic acids is 1. The zero-order chi connectivity index (χ0) is 16.2. The van der Waals surface area contributed by atoms with E-state index in [9.17, 15) is 23.1 Å². The molecule has 0 bridgehead atoms. The first-order valence-electron chi connectivity index (χ1n) is 6.07.